The Morgan fingerprint density at radius 3 is 1.85 bits per heavy atom. The van der Waals surface area contributed by atoms with Crippen LogP contribution in [0, 0.1) is 0 Å². The maximum absolute atomic E-state index is 13.0. The van der Waals surface area contributed by atoms with Crippen molar-refractivity contribution in [3.05, 3.63) is 83.4 Å². The highest BCUT2D eigenvalue weighted by molar-refractivity contribution is 7.89. The third kappa shape index (κ3) is 6.72. The van der Waals surface area contributed by atoms with Crippen LogP contribution in [-0.4, -0.2) is 46.8 Å². The summed E-state index contributed by atoms with van der Waals surface area (Å²) in [5.74, 6) is 0.287. The SMILES string of the molecule is COc1ccc(CCNc2ccc(C(=O)O)cc2S(=O)(=O)NCCc2ccc(OC)cc2)cc1. The topological polar surface area (TPSA) is 114 Å². The average Bonchev–Trinajstić information content (AvgIpc) is 2.84. The van der Waals surface area contributed by atoms with E-state index in [1.165, 1.54) is 18.2 Å². The first kappa shape index (κ1) is 25.1. The van der Waals surface area contributed by atoms with Gasteiger partial charge in [-0.25, -0.2) is 17.9 Å². The number of hydrogen-bond acceptors (Lipinski definition) is 6. The first-order valence-corrected chi connectivity index (χ1v) is 12.2. The lowest BCUT2D eigenvalue weighted by atomic mass is 10.1. The third-order valence-electron chi connectivity index (χ3n) is 5.27. The Hall–Kier alpha value is -3.56. The molecular weight excluding hydrogens is 456 g/mol. The van der Waals surface area contributed by atoms with Gasteiger partial charge >= 0.3 is 5.97 Å². The predicted molar refractivity (Wildman–Crippen MR) is 130 cm³/mol. The van der Waals surface area contributed by atoms with Crippen molar-refractivity contribution in [3.63, 3.8) is 0 Å². The van der Waals surface area contributed by atoms with E-state index in [4.69, 9.17) is 9.47 Å². The number of anilines is 1. The first-order chi connectivity index (χ1) is 16.3. The highest BCUT2D eigenvalue weighted by Gasteiger charge is 2.20. The monoisotopic (exact) mass is 484 g/mol. The van der Waals surface area contributed by atoms with Crippen LogP contribution in [0.15, 0.2) is 71.6 Å². The fraction of sp³-hybridized carbons (Fsp3) is 0.240. The highest BCUT2D eigenvalue weighted by Crippen LogP contribution is 2.23. The number of rotatable bonds is 12. The number of carboxylic acid groups (broad SMARTS) is 1. The summed E-state index contributed by atoms with van der Waals surface area (Å²) in [5, 5.41) is 12.5. The van der Waals surface area contributed by atoms with E-state index in [1.807, 2.05) is 48.5 Å². The number of methoxy groups -OCH3 is 2. The Kier molecular flexibility index (Phi) is 8.50. The maximum atomic E-state index is 13.0. The summed E-state index contributed by atoms with van der Waals surface area (Å²) in [6, 6.07) is 19.0. The minimum atomic E-state index is -3.95. The fourth-order valence-corrected chi connectivity index (χ4v) is 4.60. The van der Waals surface area contributed by atoms with Crippen LogP contribution in [0.5, 0.6) is 11.5 Å². The molecule has 8 nitrogen and oxygen atoms in total. The fourth-order valence-electron chi connectivity index (χ4n) is 3.36. The number of hydrogen-bond donors (Lipinski definition) is 3. The summed E-state index contributed by atoms with van der Waals surface area (Å²) in [6.07, 6.45) is 1.12. The number of carbonyl (C=O) groups is 1. The molecule has 0 aliphatic carbocycles. The first-order valence-electron chi connectivity index (χ1n) is 10.7. The summed E-state index contributed by atoms with van der Waals surface area (Å²) in [7, 11) is -0.769. The molecule has 3 aromatic carbocycles. The minimum absolute atomic E-state index is 0.100. The van der Waals surface area contributed by atoms with Gasteiger partial charge in [0.2, 0.25) is 10.0 Å². The number of aromatic carboxylic acids is 1. The van der Waals surface area contributed by atoms with E-state index >= 15 is 0 Å². The van der Waals surface area contributed by atoms with Gasteiger partial charge in [0.25, 0.3) is 0 Å². The lowest BCUT2D eigenvalue weighted by molar-refractivity contribution is 0.0696. The van der Waals surface area contributed by atoms with Gasteiger partial charge in [0, 0.05) is 13.1 Å². The van der Waals surface area contributed by atoms with Crippen LogP contribution in [-0.2, 0) is 22.9 Å². The average molecular weight is 485 g/mol. The van der Waals surface area contributed by atoms with Crippen LogP contribution >= 0.6 is 0 Å². The van der Waals surface area contributed by atoms with Gasteiger partial charge < -0.3 is 19.9 Å². The second-order valence-corrected chi connectivity index (χ2v) is 9.27. The zero-order valence-corrected chi connectivity index (χ0v) is 19.9. The smallest absolute Gasteiger partial charge is 0.335 e. The van der Waals surface area contributed by atoms with Crippen LogP contribution in [0.4, 0.5) is 5.69 Å². The second kappa shape index (κ2) is 11.5. The third-order valence-corrected chi connectivity index (χ3v) is 6.77. The van der Waals surface area contributed by atoms with Gasteiger partial charge in [-0.3, -0.25) is 0 Å². The van der Waals surface area contributed by atoms with Crippen molar-refractivity contribution in [3.8, 4) is 11.5 Å². The Morgan fingerprint density at radius 1 is 0.824 bits per heavy atom. The van der Waals surface area contributed by atoms with Crippen molar-refractivity contribution in [2.75, 3.05) is 32.6 Å². The van der Waals surface area contributed by atoms with Gasteiger partial charge in [-0.15, -0.1) is 0 Å². The summed E-state index contributed by atoms with van der Waals surface area (Å²) in [6.45, 7) is 0.629. The molecule has 0 unspecified atom stereocenters. The zero-order valence-electron chi connectivity index (χ0n) is 19.1. The molecule has 3 rings (SSSR count). The van der Waals surface area contributed by atoms with Crippen LogP contribution in [0.1, 0.15) is 21.5 Å². The van der Waals surface area contributed by atoms with Gasteiger partial charge in [0.15, 0.2) is 0 Å². The molecule has 0 aromatic heterocycles. The van der Waals surface area contributed by atoms with E-state index in [9.17, 15) is 18.3 Å². The summed E-state index contributed by atoms with van der Waals surface area (Å²) in [4.78, 5) is 11.3. The summed E-state index contributed by atoms with van der Waals surface area (Å²) in [5.41, 5.74) is 2.24. The molecule has 0 radical (unpaired) electrons. The van der Waals surface area contributed by atoms with Gasteiger partial charge in [-0.05, 0) is 66.4 Å². The molecule has 0 atom stereocenters. The van der Waals surface area contributed by atoms with E-state index in [0.717, 1.165) is 22.6 Å². The molecule has 180 valence electrons. The molecule has 0 saturated heterocycles. The van der Waals surface area contributed by atoms with Gasteiger partial charge in [0.05, 0.1) is 25.5 Å². The number of benzene rings is 3. The van der Waals surface area contributed by atoms with Crippen LogP contribution < -0.4 is 19.5 Å². The molecule has 0 bridgehead atoms. The van der Waals surface area contributed by atoms with Crippen molar-refractivity contribution >= 4 is 21.7 Å². The molecule has 0 spiro atoms. The predicted octanol–water partition coefficient (Wildman–Crippen LogP) is 3.58. The largest absolute Gasteiger partial charge is 0.497 e. The second-order valence-electron chi connectivity index (χ2n) is 7.54. The van der Waals surface area contributed by atoms with E-state index in [2.05, 4.69) is 10.0 Å². The van der Waals surface area contributed by atoms with Crippen molar-refractivity contribution < 1.29 is 27.8 Å². The molecule has 0 heterocycles. The van der Waals surface area contributed by atoms with Crippen molar-refractivity contribution in [2.45, 2.75) is 17.7 Å². The van der Waals surface area contributed by atoms with Gasteiger partial charge in [-0.2, -0.15) is 0 Å². The maximum Gasteiger partial charge on any atom is 0.335 e. The lowest BCUT2D eigenvalue weighted by Gasteiger charge is -2.14. The zero-order chi connectivity index (χ0) is 24.6. The van der Waals surface area contributed by atoms with Crippen LogP contribution in [0.25, 0.3) is 0 Å². The number of nitrogens with one attached hydrogen (secondary N) is 2. The normalized spacial score (nSPS) is 11.1. The Morgan fingerprint density at radius 2 is 1.35 bits per heavy atom. The van der Waals surface area contributed by atoms with Crippen molar-refractivity contribution in [1.82, 2.24) is 4.72 Å². The van der Waals surface area contributed by atoms with E-state index in [0.29, 0.717) is 25.1 Å². The number of carboxylic acids is 1. The molecule has 34 heavy (non-hydrogen) atoms. The standard InChI is InChI=1S/C25H28N2O6S/c1-32-21-8-3-18(4-9-21)13-15-26-23-12-7-20(25(28)29)17-24(23)34(30,31)27-16-14-19-5-10-22(33-2)11-6-19/h3-12,17,26-27H,13-16H2,1-2H3,(H,28,29). The molecule has 0 amide bonds. The van der Waals surface area contributed by atoms with Crippen molar-refractivity contribution in [2.24, 2.45) is 0 Å². The Labute approximate surface area is 199 Å². The van der Waals surface area contributed by atoms with Crippen LogP contribution in [0.3, 0.4) is 0 Å². The summed E-state index contributed by atoms with van der Waals surface area (Å²) < 4.78 is 38.9. The van der Waals surface area contributed by atoms with Crippen molar-refractivity contribution in [1.29, 1.82) is 0 Å². The van der Waals surface area contributed by atoms with E-state index in [1.54, 1.807) is 14.2 Å². The van der Waals surface area contributed by atoms with E-state index in [-0.39, 0.29) is 17.0 Å². The molecular formula is C25H28N2O6S. The number of ether oxygens (including phenoxy) is 2. The molecule has 0 saturated carbocycles. The summed E-state index contributed by atoms with van der Waals surface area (Å²) >= 11 is 0. The molecule has 0 aliphatic heterocycles. The van der Waals surface area contributed by atoms with Crippen LogP contribution in [0.2, 0.25) is 0 Å². The Balaban J connectivity index is 1.70. The molecule has 3 aromatic rings. The quantitative estimate of drug-likeness (QED) is 0.360. The molecule has 0 fully saturated rings. The van der Waals surface area contributed by atoms with E-state index < -0.39 is 16.0 Å². The lowest BCUT2D eigenvalue weighted by Crippen LogP contribution is -2.27. The number of sulfonamides is 1. The Bertz CT molecular complexity index is 1210. The van der Waals surface area contributed by atoms with Gasteiger partial charge in [0.1, 0.15) is 16.4 Å². The highest BCUT2D eigenvalue weighted by atomic mass is 32.2. The molecule has 3 N–H and O–H groups in total. The molecule has 0 aliphatic rings. The minimum Gasteiger partial charge on any atom is -0.497 e. The molecule has 9 heteroatoms. The van der Waals surface area contributed by atoms with Gasteiger partial charge in [-0.1, -0.05) is 24.3 Å².